The quantitative estimate of drug-likeness (QED) is 0.891. The summed E-state index contributed by atoms with van der Waals surface area (Å²) in [5, 5.41) is 0. The molecule has 0 saturated heterocycles. The van der Waals surface area contributed by atoms with E-state index in [0.29, 0.717) is 0 Å². The molecule has 1 atom stereocenters. The van der Waals surface area contributed by atoms with Crippen molar-refractivity contribution < 1.29 is 4.74 Å². The molecule has 0 aliphatic heterocycles. The van der Waals surface area contributed by atoms with E-state index in [-0.39, 0.29) is 6.04 Å². The highest BCUT2D eigenvalue weighted by Crippen LogP contribution is 2.29. The maximum Gasteiger partial charge on any atom is 0.126 e. The van der Waals surface area contributed by atoms with E-state index < -0.39 is 0 Å². The molecule has 0 spiro atoms. The van der Waals surface area contributed by atoms with Gasteiger partial charge in [-0.15, -0.1) is 0 Å². The number of rotatable bonds is 4. The number of ether oxygens (including phenoxy) is 1. The molecule has 0 fully saturated rings. The number of para-hydroxylation sites is 1. The zero-order chi connectivity index (χ0) is 13.0. The maximum absolute atomic E-state index is 5.80. The highest BCUT2D eigenvalue weighted by Gasteiger charge is 2.05. The van der Waals surface area contributed by atoms with Crippen LogP contribution in [0.3, 0.4) is 0 Å². The zero-order valence-electron chi connectivity index (χ0n) is 10.9. The fourth-order valence-corrected chi connectivity index (χ4v) is 2.08. The van der Waals surface area contributed by atoms with Gasteiger partial charge in [-0.2, -0.15) is 0 Å². The van der Waals surface area contributed by atoms with Gasteiger partial charge in [-0.25, -0.2) is 0 Å². The summed E-state index contributed by atoms with van der Waals surface area (Å²) in [5.74, 6) is 0.900. The van der Waals surface area contributed by atoms with Gasteiger partial charge in [0.25, 0.3) is 0 Å². The third-order valence-corrected chi connectivity index (χ3v) is 2.93. The molecular weight excluding hydrogens is 222 g/mol. The van der Waals surface area contributed by atoms with Crippen LogP contribution in [0.25, 0.3) is 11.1 Å². The monoisotopic (exact) mass is 241 g/mol. The average molecular weight is 241 g/mol. The second-order valence-electron chi connectivity index (χ2n) is 4.58. The van der Waals surface area contributed by atoms with Crippen molar-refractivity contribution in [3.05, 3.63) is 54.1 Å². The summed E-state index contributed by atoms with van der Waals surface area (Å²) in [5.41, 5.74) is 9.35. The lowest BCUT2D eigenvalue weighted by molar-refractivity contribution is 0.416. The molecule has 0 heterocycles. The first-order valence-corrected chi connectivity index (χ1v) is 6.18. The fraction of sp³-hybridized carbons (Fsp3) is 0.250. The molecule has 0 saturated carbocycles. The predicted molar refractivity (Wildman–Crippen MR) is 75.8 cm³/mol. The Bertz CT molecular complexity index is 503. The number of methoxy groups -OCH3 is 1. The molecule has 0 aliphatic rings. The summed E-state index contributed by atoms with van der Waals surface area (Å²) in [6, 6.07) is 16.7. The predicted octanol–water partition coefficient (Wildman–Crippen LogP) is 3.25. The molecule has 0 aliphatic carbocycles. The molecular formula is C16H19NO. The van der Waals surface area contributed by atoms with Crippen LogP contribution in [0.4, 0.5) is 0 Å². The van der Waals surface area contributed by atoms with Gasteiger partial charge in [0.05, 0.1) is 7.11 Å². The Kier molecular flexibility index (Phi) is 4.00. The van der Waals surface area contributed by atoms with Gasteiger partial charge in [0.1, 0.15) is 5.75 Å². The Morgan fingerprint density at radius 2 is 1.72 bits per heavy atom. The summed E-state index contributed by atoms with van der Waals surface area (Å²) in [7, 11) is 1.70. The summed E-state index contributed by atoms with van der Waals surface area (Å²) in [6.07, 6.45) is 0.909. The van der Waals surface area contributed by atoms with E-state index in [0.717, 1.165) is 17.7 Å². The van der Waals surface area contributed by atoms with Crippen molar-refractivity contribution in [1.82, 2.24) is 0 Å². The molecule has 0 amide bonds. The Morgan fingerprint density at radius 3 is 2.33 bits per heavy atom. The lowest BCUT2D eigenvalue weighted by atomic mass is 10.0. The van der Waals surface area contributed by atoms with E-state index in [9.17, 15) is 0 Å². The average Bonchev–Trinajstić information content (AvgIpc) is 2.39. The molecule has 2 heteroatoms. The Balaban J connectivity index is 2.28. The standard InChI is InChI=1S/C16H19NO/c1-12(17)11-13-7-9-14(10-8-13)15-5-3-4-6-16(15)18-2/h3-10,12H,11,17H2,1-2H3. The van der Waals surface area contributed by atoms with Gasteiger partial charge in [0.2, 0.25) is 0 Å². The van der Waals surface area contributed by atoms with E-state index in [1.807, 2.05) is 25.1 Å². The van der Waals surface area contributed by atoms with Crippen LogP contribution in [0.5, 0.6) is 5.75 Å². The Labute approximate surface area is 108 Å². The van der Waals surface area contributed by atoms with Crippen molar-refractivity contribution in [2.24, 2.45) is 5.73 Å². The van der Waals surface area contributed by atoms with Crippen molar-refractivity contribution in [2.75, 3.05) is 7.11 Å². The number of benzene rings is 2. The third kappa shape index (κ3) is 2.90. The van der Waals surface area contributed by atoms with Crippen LogP contribution in [-0.4, -0.2) is 13.2 Å². The van der Waals surface area contributed by atoms with Gasteiger partial charge >= 0.3 is 0 Å². The van der Waals surface area contributed by atoms with Gasteiger partial charge in [-0.1, -0.05) is 42.5 Å². The molecule has 0 aromatic heterocycles. The third-order valence-electron chi connectivity index (χ3n) is 2.93. The van der Waals surface area contributed by atoms with Crippen molar-refractivity contribution in [3.8, 4) is 16.9 Å². The van der Waals surface area contributed by atoms with Crippen LogP contribution in [-0.2, 0) is 6.42 Å². The first kappa shape index (κ1) is 12.7. The summed E-state index contributed by atoms with van der Waals surface area (Å²) >= 11 is 0. The van der Waals surface area contributed by atoms with Crippen molar-refractivity contribution >= 4 is 0 Å². The van der Waals surface area contributed by atoms with E-state index >= 15 is 0 Å². The Morgan fingerprint density at radius 1 is 1.06 bits per heavy atom. The second-order valence-corrected chi connectivity index (χ2v) is 4.58. The van der Waals surface area contributed by atoms with E-state index in [4.69, 9.17) is 10.5 Å². The molecule has 0 bridgehead atoms. The largest absolute Gasteiger partial charge is 0.496 e. The van der Waals surface area contributed by atoms with E-state index in [2.05, 4.69) is 30.3 Å². The minimum Gasteiger partial charge on any atom is -0.496 e. The Hall–Kier alpha value is -1.80. The van der Waals surface area contributed by atoms with Gasteiger partial charge in [0.15, 0.2) is 0 Å². The summed E-state index contributed by atoms with van der Waals surface area (Å²) in [6.45, 7) is 2.02. The van der Waals surface area contributed by atoms with Crippen LogP contribution in [0.2, 0.25) is 0 Å². The highest BCUT2D eigenvalue weighted by atomic mass is 16.5. The molecule has 2 aromatic rings. The summed E-state index contributed by atoms with van der Waals surface area (Å²) in [4.78, 5) is 0. The van der Waals surface area contributed by atoms with Crippen molar-refractivity contribution in [1.29, 1.82) is 0 Å². The van der Waals surface area contributed by atoms with Gasteiger partial charge in [0, 0.05) is 11.6 Å². The molecule has 2 aromatic carbocycles. The highest BCUT2D eigenvalue weighted by molar-refractivity contribution is 5.70. The molecule has 2 nitrogen and oxygen atoms in total. The van der Waals surface area contributed by atoms with Crippen LogP contribution in [0.15, 0.2) is 48.5 Å². The van der Waals surface area contributed by atoms with Crippen molar-refractivity contribution in [2.45, 2.75) is 19.4 Å². The number of hydrogen-bond donors (Lipinski definition) is 1. The topological polar surface area (TPSA) is 35.2 Å². The zero-order valence-corrected chi connectivity index (χ0v) is 10.9. The molecule has 0 radical (unpaired) electrons. The first-order valence-electron chi connectivity index (χ1n) is 6.18. The van der Waals surface area contributed by atoms with E-state index in [1.165, 1.54) is 11.1 Å². The van der Waals surface area contributed by atoms with Gasteiger partial charge in [-0.05, 0) is 30.5 Å². The normalized spacial score (nSPS) is 12.2. The van der Waals surface area contributed by atoms with Crippen LogP contribution < -0.4 is 10.5 Å². The molecule has 2 rings (SSSR count). The van der Waals surface area contributed by atoms with Crippen LogP contribution >= 0.6 is 0 Å². The number of hydrogen-bond acceptors (Lipinski definition) is 2. The summed E-state index contributed by atoms with van der Waals surface area (Å²) < 4.78 is 5.37. The second kappa shape index (κ2) is 5.69. The maximum atomic E-state index is 5.80. The smallest absolute Gasteiger partial charge is 0.126 e. The minimum absolute atomic E-state index is 0.196. The van der Waals surface area contributed by atoms with Gasteiger partial charge < -0.3 is 10.5 Å². The SMILES string of the molecule is COc1ccccc1-c1ccc(CC(C)N)cc1. The molecule has 2 N–H and O–H groups in total. The minimum atomic E-state index is 0.196. The fourth-order valence-electron chi connectivity index (χ4n) is 2.08. The van der Waals surface area contributed by atoms with Crippen LogP contribution in [0, 0.1) is 0 Å². The lowest BCUT2D eigenvalue weighted by Gasteiger charge is -2.10. The molecule has 1 unspecified atom stereocenters. The van der Waals surface area contributed by atoms with E-state index in [1.54, 1.807) is 7.11 Å². The first-order chi connectivity index (χ1) is 8.70. The van der Waals surface area contributed by atoms with Gasteiger partial charge in [-0.3, -0.25) is 0 Å². The van der Waals surface area contributed by atoms with Crippen LogP contribution in [0.1, 0.15) is 12.5 Å². The van der Waals surface area contributed by atoms with Crippen molar-refractivity contribution in [3.63, 3.8) is 0 Å². The molecule has 18 heavy (non-hydrogen) atoms. The number of nitrogens with two attached hydrogens (primary N) is 1. The molecule has 94 valence electrons. The lowest BCUT2D eigenvalue weighted by Crippen LogP contribution is -2.17.